The predicted molar refractivity (Wildman–Crippen MR) is 68.3 cm³/mol. The van der Waals surface area contributed by atoms with E-state index < -0.39 is 11.6 Å². The number of amides is 1. The van der Waals surface area contributed by atoms with E-state index >= 15 is 0 Å². The highest BCUT2D eigenvalue weighted by molar-refractivity contribution is 9.10. The van der Waals surface area contributed by atoms with Crippen molar-refractivity contribution in [1.82, 2.24) is 5.32 Å². The number of carbonyl (C=O) groups is 1. The van der Waals surface area contributed by atoms with E-state index in [0.29, 0.717) is 12.6 Å². The summed E-state index contributed by atoms with van der Waals surface area (Å²) in [6.07, 6.45) is 2.35. The zero-order valence-corrected chi connectivity index (χ0v) is 11.2. The first-order chi connectivity index (χ1) is 8.56. The number of benzene rings is 1. The summed E-state index contributed by atoms with van der Waals surface area (Å²) in [5.74, 6) is -1.37. The second kappa shape index (κ2) is 5.65. The van der Waals surface area contributed by atoms with Gasteiger partial charge in [0.1, 0.15) is 11.6 Å². The summed E-state index contributed by atoms with van der Waals surface area (Å²) < 4.78 is 26.5. The van der Waals surface area contributed by atoms with E-state index in [4.69, 9.17) is 0 Å². The number of nitrogens with one attached hydrogen (secondary N) is 2. The Morgan fingerprint density at radius 3 is 2.72 bits per heavy atom. The third-order valence-electron chi connectivity index (χ3n) is 2.62. The predicted octanol–water partition coefficient (Wildman–Crippen LogP) is 2.81. The smallest absolute Gasteiger partial charge is 0.221 e. The van der Waals surface area contributed by atoms with Crippen LogP contribution in [-0.2, 0) is 4.79 Å². The largest absolute Gasteiger partial charge is 0.382 e. The van der Waals surface area contributed by atoms with Crippen molar-refractivity contribution in [3.05, 3.63) is 28.2 Å². The fourth-order valence-corrected chi connectivity index (χ4v) is 1.84. The van der Waals surface area contributed by atoms with Crippen LogP contribution in [0.3, 0.4) is 0 Å². The van der Waals surface area contributed by atoms with Crippen LogP contribution in [0.1, 0.15) is 19.3 Å². The molecular weight excluding hydrogens is 306 g/mol. The van der Waals surface area contributed by atoms with Gasteiger partial charge in [0.2, 0.25) is 5.91 Å². The molecule has 1 aromatic carbocycles. The van der Waals surface area contributed by atoms with E-state index in [0.717, 1.165) is 18.9 Å². The number of hydrogen-bond acceptors (Lipinski definition) is 2. The highest BCUT2D eigenvalue weighted by Crippen LogP contribution is 2.23. The highest BCUT2D eigenvalue weighted by Gasteiger charge is 2.22. The van der Waals surface area contributed by atoms with Crippen molar-refractivity contribution in [2.24, 2.45) is 0 Å². The SMILES string of the molecule is O=C(CCNc1cc(Br)c(F)cc1F)NC1CC1. The standard InChI is InChI=1S/C12H13BrF2N2O/c13-8-5-11(10(15)6-9(8)14)16-4-3-12(18)17-7-1-2-7/h5-7,16H,1-4H2,(H,17,18). The first-order valence-electron chi connectivity index (χ1n) is 5.74. The number of anilines is 1. The zero-order chi connectivity index (χ0) is 13.1. The summed E-state index contributed by atoms with van der Waals surface area (Å²) in [6.45, 7) is 0.313. The molecule has 6 heteroatoms. The minimum absolute atomic E-state index is 0.0495. The Balaban J connectivity index is 1.82. The molecule has 2 rings (SSSR count). The van der Waals surface area contributed by atoms with Crippen molar-refractivity contribution in [2.75, 3.05) is 11.9 Å². The average molecular weight is 319 g/mol. The molecular formula is C12H13BrF2N2O. The number of halogens is 3. The molecule has 2 N–H and O–H groups in total. The normalized spacial score (nSPS) is 14.4. The Hall–Kier alpha value is -1.17. The molecule has 3 nitrogen and oxygen atoms in total. The van der Waals surface area contributed by atoms with Crippen LogP contribution in [0.15, 0.2) is 16.6 Å². The second-order valence-electron chi connectivity index (χ2n) is 4.26. The molecule has 1 amide bonds. The zero-order valence-electron chi connectivity index (χ0n) is 9.60. The van der Waals surface area contributed by atoms with Gasteiger partial charge in [0, 0.05) is 25.1 Å². The highest BCUT2D eigenvalue weighted by atomic mass is 79.9. The molecule has 1 aliphatic carbocycles. The van der Waals surface area contributed by atoms with Crippen molar-refractivity contribution in [3.63, 3.8) is 0 Å². The lowest BCUT2D eigenvalue weighted by molar-refractivity contribution is -0.120. The lowest BCUT2D eigenvalue weighted by Gasteiger charge is -2.08. The van der Waals surface area contributed by atoms with E-state index in [9.17, 15) is 13.6 Å². The first kappa shape index (κ1) is 13.3. The Kier molecular flexibility index (Phi) is 4.16. The summed E-state index contributed by atoms with van der Waals surface area (Å²) in [4.78, 5) is 11.4. The van der Waals surface area contributed by atoms with Gasteiger partial charge in [0.15, 0.2) is 0 Å². The molecule has 0 spiro atoms. The number of rotatable bonds is 5. The fourth-order valence-electron chi connectivity index (χ4n) is 1.50. The maximum atomic E-state index is 13.4. The van der Waals surface area contributed by atoms with Crippen LogP contribution in [-0.4, -0.2) is 18.5 Å². The Bertz CT molecular complexity index is 464. The van der Waals surface area contributed by atoms with Crippen LogP contribution in [0.5, 0.6) is 0 Å². The molecule has 0 saturated heterocycles. The van der Waals surface area contributed by atoms with Crippen molar-refractivity contribution in [3.8, 4) is 0 Å². The van der Waals surface area contributed by atoms with E-state index in [1.165, 1.54) is 6.07 Å². The minimum atomic E-state index is -0.668. The first-order valence-corrected chi connectivity index (χ1v) is 6.53. The van der Waals surface area contributed by atoms with Crippen LogP contribution in [0.25, 0.3) is 0 Å². The average Bonchev–Trinajstić information content (AvgIpc) is 3.09. The lowest BCUT2D eigenvalue weighted by Crippen LogP contribution is -2.27. The molecule has 98 valence electrons. The van der Waals surface area contributed by atoms with Gasteiger partial charge < -0.3 is 10.6 Å². The van der Waals surface area contributed by atoms with Crippen molar-refractivity contribution in [1.29, 1.82) is 0 Å². The fraction of sp³-hybridized carbons (Fsp3) is 0.417. The molecule has 0 aliphatic heterocycles. The van der Waals surface area contributed by atoms with E-state index in [-0.39, 0.29) is 22.5 Å². The van der Waals surface area contributed by atoms with Gasteiger partial charge in [-0.3, -0.25) is 4.79 Å². The summed E-state index contributed by atoms with van der Waals surface area (Å²) in [6, 6.07) is 2.45. The maximum Gasteiger partial charge on any atom is 0.221 e. The van der Waals surface area contributed by atoms with Crippen molar-refractivity contribution in [2.45, 2.75) is 25.3 Å². The van der Waals surface area contributed by atoms with Gasteiger partial charge in [-0.15, -0.1) is 0 Å². The minimum Gasteiger partial charge on any atom is -0.382 e. The van der Waals surface area contributed by atoms with Gasteiger partial charge in [0.25, 0.3) is 0 Å². The van der Waals surface area contributed by atoms with Crippen molar-refractivity contribution >= 4 is 27.5 Å². The number of hydrogen-bond donors (Lipinski definition) is 2. The molecule has 1 aliphatic rings. The third kappa shape index (κ3) is 3.66. The third-order valence-corrected chi connectivity index (χ3v) is 3.23. The molecule has 18 heavy (non-hydrogen) atoms. The second-order valence-corrected chi connectivity index (χ2v) is 5.12. The molecule has 1 aromatic rings. The summed E-state index contributed by atoms with van der Waals surface area (Å²) >= 11 is 2.98. The Morgan fingerprint density at radius 2 is 2.06 bits per heavy atom. The van der Waals surface area contributed by atoms with Gasteiger partial charge in [-0.05, 0) is 34.8 Å². The molecule has 0 bridgehead atoms. The van der Waals surface area contributed by atoms with Crippen LogP contribution >= 0.6 is 15.9 Å². The lowest BCUT2D eigenvalue weighted by atomic mass is 10.3. The molecule has 0 heterocycles. The van der Waals surface area contributed by atoms with Crippen LogP contribution in [0, 0.1) is 11.6 Å². The van der Waals surface area contributed by atoms with E-state index in [1.807, 2.05) is 0 Å². The maximum absolute atomic E-state index is 13.4. The molecule has 0 unspecified atom stereocenters. The van der Waals surface area contributed by atoms with E-state index in [1.54, 1.807) is 0 Å². The van der Waals surface area contributed by atoms with Gasteiger partial charge in [-0.25, -0.2) is 8.78 Å². The molecule has 0 aromatic heterocycles. The van der Waals surface area contributed by atoms with Gasteiger partial charge >= 0.3 is 0 Å². The summed E-state index contributed by atoms with van der Waals surface area (Å²) in [5, 5.41) is 5.61. The van der Waals surface area contributed by atoms with Gasteiger partial charge in [-0.2, -0.15) is 0 Å². The summed E-state index contributed by atoms with van der Waals surface area (Å²) in [7, 11) is 0. The van der Waals surface area contributed by atoms with Crippen LogP contribution in [0.4, 0.5) is 14.5 Å². The molecule has 0 atom stereocenters. The van der Waals surface area contributed by atoms with E-state index in [2.05, 4.69) is 26.6 Å². The van der Waals surface area contributed by atoms with Crippen LogP contribution in [0.2, 0.25) is 0 Å². The van der Waals surface area contributed by atoms with Gasteiger partial charge in [0.05, 0.1) is 10.2 Å². The Labute approximate surface area is 112 Å². The summed E-state index contributed by atoms with van der Waals surface area (Å²) in [5.41, 5.74) is 0.183. The van der Waals surface area contributed by atoms with Gasteiger partial charge in [-0.1, -0.05) is 0 Å². The molecule has 0 radical (unpaired) electrons. The van der Waals surface area contributed by atoms with Crippen molar-refractivity contribution < 1.29 is 13.6 Å². The molecule has 1 fully saturated rings. The quantitative estimate of drug-likeness (QED) is 0.820. The topological polar surface area (TPSA) is 41.1 Å². The number of carbonyl (C=O) groups excluding carboxylic acids is 1. The molecule has 1 saturated carbocycles. The van der Waals surface area contributed by atoms with Crippen LogP contribution < -0.4 is 10.6 Å². The monoisotopic (exact) mass is 318 g/mol. The Morgan fingerprint density at radius 1 is 1.33 bits per heavy atom.